The van der Waals surface area contributed by atoms with Crippen LogP contribution in [0.2, 0.25) is 5.02 Å². The minimum Gasteiger partial charge on any atom is -0.384 e. The third kappa shape index (κ3) is 3.85. The molecule has 0 aromatic heterocycles. The molecule has 0 saturated carbocycles. The molecule has 0 amide bonds. The van der Waals surface area contributed by atoms with Crippen molar-refractivity contribution >= 4 is 27.1 Å². The molecule has 0 aliphatic heterocycles. The Kier molecular flexibility index (Phi) is 4.61. The van der Waals surface area contributed by atoms with Crippen LogP contribution in [0.1, 0.15) is 20.8 Å². The first-order chi connectivity index (χ1) is 8.13. The maximum Gasteiger partial charge on any atom is 0.156 e. The summed E-state index contributed by atoms with van der Waals surface area (Å²) < 4.78 is 36.0. The second kappa shape index (κ2) is 5.45. The fraction of sp³-hybridized carbons (Fsp3) is 0.500. The first-order valence-corrected chi connectivity index (χ1v) is 7.58. The Morgan fingerprint density at radius 2 is 1.94 bits per heavy atom. The first-order valence-electron chi connectivity index (χ1n) is 5.55. The van der Waals surface area contributed by atoms with Crippen LogP contribution in [-0.2, 0) is 9.84 Å². The zero-order chi connectivity index (χ0) is 14.0. The molecule has 1 aromatic rings. The predicted octanol–water partition coefficient (Wildman–Crippen LogP) is 3.10. The molecule has 1 N–H and O–H groups in total. The molecule has 102 valence electrons. The second-order valence-electron chi connectivity index (χ2n) is 4.99. The van der Waals surface area contributed by atoms with Gasteiger partial charge in [0, 0.05) is 12.2 Å². The maximum atomic E-state index is 13.1. The molecule has 0 aliphatic carbocycles. The van der Waals surface area contributed by atoms with Crippen LogP contribution in [0.3, 0.4) is 0 Å². The first kappa shape index (κ1) is 15.2. The highest BCUT2D eigenvalue weighted by atomic mass is 35.5. The van der Waals surface area contributed by atoms with E-state index in [2.05, 4.69) is 5.32 Å². The average Bonchev–Trinajstić information content (AvgIpc) is 2.21. The van der Waals surface area contributed by atoms with E-state index in [1.165, 1.54) is 12.1 Å². The number of anilines is 1. The van der Waals surface area contributed by atoms with Gasteiger partial charge in [0.15, 0.2) is 9.84 Å². The highest BCUT2D eigenvalue weighted by molar-refractivity contribution is 7.92. The molecule has 0 unspecified atom stereocenters. The van der Waals surface area contributed by atoms with E-state index in [1.807, 2.05) is 0 Å². The molecule has 0 aliphatic rings. The minimum absolute atomic E-state index is 0.000740. The molecule has 18 heavy (non-hydrogen) atoms. The highest BCUT2D eigenvalue weighted by Crippen LogP contribution is 2.19. The summed E-state index contributed by atoms with van der Waals surface area (Å²) in [5, 5.41) is 2.91. The Morgan fingerprint density at radius 1 is 1.33 bits per heavy atom. The smallest absolute Gasteiger partial charge is 0.156 e. The van der Waals surface area contributed by atoms with Gasteiger partial charge in [0.25, 0.3) is 0 Å². The summed E-state index contributed by atoms with van der Waals surface area (Å²) in [4.78, 5) is 0. The number of hydrogen-bond donors (Lipinski definition) is 1. The number of halogens is 2. The number of rotatable bonds is 4. The van der Waals surface area contributed by atoms with Crippen molar-refractivity contribution in [1.82, 2.24) is 0 Å². The van der Waals surface area contributed by atoms with Gasteiger partial charge in [0.05, 0.1) is 15.5 Å². The Bertz CT molecular complexity index is 523. The minimum atomic E-state index is -3.17. The topological polar surface area (TPSA) is 46.2 Å². The number of sulfone groups is 1. The van der Waals surface area contributed by atoms with E-state index < -0.39 is 20.4 Å². The lowest BCUT2D eigenvalue weighted by atomic mass is 10.3. The van der Waals surface area contributed by atoms with Gasteiger partial charge >= 0.3 is 0 Å². The lowest BCUT2D eigenvalue weighted by molar-refractivity contribution is 0.560. The maximum absolute atomic E-state index is 13.1. The third-order valence-electron chi connectivity index (χ3n) is 2.55. The van der Waals surface area contributed by atoms with E-state index >= 15 is 0 Å². The van der Waals surface area contributed by atoms with Gasteiger partial charge in [0.1, 0.15) is 5.82 Å². The summed E-state index contributed by atoms with van der Waals surface area (Å²) in [6.45, 7) is 5.21. The van der Waals surface area contributed by atoms with Crippen LogP contribution < -0.4 is 5.32 Å². The van der Waals surface area contributed by atoms with Gasteiger partial charge in [-0.2, -0.15) is 0 Å². The molecule has 0 radical (unpaired) electrons. The zero-order valence-corrected chi connectivity index (χ0v) is 12.2. The number of hydrogen-bond acceptors (Lipinski definition) is 3. The molecule has 0 heterocycles. The summed E-state index contributed by atoms with van der Waals surface area (Å²) in [5.74, 6) is -0.527. The molecule has 0 fully saturated rings. The van der Waals surface area contributed by atoms with Crippen molar-refractivity contribution < 1.29 is 12.8 Å². The molecule has 0 spiro atoms. The van der Waals surface area contributed by atoms with Crippen LogP contribution in [0.5, 0.6) is 0 Å². The van der Waals surface area contributed by atoms with Crippen molar-refractivity contribution in [2.75, 3.05) is 17.6 Å². The summed E-state index contributed by atoms with van der Waals surface area (Å²) in [6.07, 6.45) is 0. The van der Waals surface area contributed by atoms with Crippen molar-refractivity contribution in [3.8, 4) is 0 Å². The lowest BCUT2D eigenvalue weighted by Crippen LogP contribution is -2.32. The van der Waals surface area contributed by atoms with E-state index in [-0.39, 0.29) is 17.3 Å². The van der Waals surface area contributed by atoms with Crippen LogP contribution in [0.4, 0.5) is 10.1 Å². The predicted molar refractivity (Wildman–Crippen MR) is 73.4 cm³/mol. The molecular weight excluding hydrogens is 277 g/mol. The van der Waals surface area contributed by atoms with Crippen molar-refractivity contribution in [2.24, 2.45) is 0 Å². The van der Waals surface area contributed by atoms with Crippen LogP contribution in [0, 0.1) is 5.82 Å². The van der Waals surface area contributed by atoms with E-state index in [0.717, 1.165) is 0 Å². The van der Waals surface area contributed by atoms with E-state index in [4.69, 9.17) is 11.6 Å². The Balaban J connectivity index is 2.60. The Labute approximate surface area is 112 Å². The molecule has 3 nitrogen and oxygen atoms in total. The van der Waals surface area contributed by atoms with Crippen LogP contribution in [0.25, 0.3) is 0 Å². The summed E-state index contributed by atoms with van der Waals surface area (Å²) in [5.41, 5.74) is 0.515. The van der Waals surface area contributed by atoms with Crippen molar-refractivity contribution in [2.45, 2.75) is 25.5 Å². The van der Waals surface area contributed by atoms with Gasteiger partial charge in [-0.15, -0.1) is 0 Å². The summed E-state index contributed by atoms with van der Waals surface area (Å²) in [6, 6.07) is 4.28. The molecular formula is C12H17ClFNO2S. The quantitative estimate of drug-likeness (QED) is 0.928. The van der Waals surface area contributed by atoms with Crippen LogP contribution >= 0.6 is 11.6 Å². The molecule has 0 atom stereocenters. The lowest BCUT2D eigenvalue weighted by Gasteiger charge is -2.19. The average molecular weight is 294 g/mol. The van der Waals surface area contributed by atoms with Crippen LogP contribution in [-0.4, -0.2) is 25.5 Å². The fourth-order valence-corrected chi connectivity index (χ4v) is 2.34. The van der Waals surface area contributed by atoms with E-state index in [9.17, 15) is 12.8 Å². The zero-order valence-electron chi connectivity index (χ0n) is 10.6. The second-order valence-corrected chi connectivity index (χ2v) is 8.26. The summed E-state index contributed by atoms with van der Waals surface area (Å²) in [7, 11) is -3.17. The number of nitrogens with one attached hydrogen (secondary N) is 1. The van der Waals surface area contributed by atoms with Gasteiger partial charge in [-0.25, -0.2) is 12.8 Å². The van der Waals surface area contributed by atoms with Crippen LogP contribution in [0.15, 0.2) is 18.2 Å². The monoisotopic (exact) mass is 293 g/mol. The third-order valence-corrected chi connectivity index (χ3v) is 5.47. The molecule has 0 saturated heterocycles. The van der Waals surface area contributed by atoms with Gasteiger partial charge < -0.3 is 5.32 Å². The standard InChI is InChI=1S/C12H17ClFNO2S/c1-12(2,3)18(16,17)7-6-15-9-4-5-10(13)11(14)8-9/h4-5,8,15H,6-7H2,1-3H3. The van der Waals surface area contributed by atoms with Crippen molar-refractivity contribution in [1.29, 1.82) is 0 Å². The van der Waals surface area contributed by atoms with Gasteiger partial charge in [-0.1, -0.05) is 11.6 Å². The van der Waals surface area contributed by atoms with Gasteiger partial charge in [-0.05, 0) is 39.0 Å². The fourth-order valence-electron chi connectivity index (χ4n) is 1.24. The SMILES string of the molecule is CC(C)(C)S(=O)(=O)CCNc1ccc(Cl)c(F)c1. The van der Waals surface area contributed by atoms with E-state index in [0.29, 0.717) is 5.69 Å². The van der Waals surface area contributed by atoms with Crippen molar-refractivity contribution in [3.05, 3.63) is 29.0 Å². The molecule has 0 bridgehead atoms. The Hall–Kier alpha value is -0.810. The highest BCUT2D eigenvalue weighted by Gasteiger charge is 2.28. The molecule has 1 rings (SSSR count). The van der Waals surface area contributed by atoms with Gasteiger partial charge in [-0.3, -0.25) is 0 Å². The summed E-state index contributed by atoms with van der Waals surface area (Å²) >= 11 is 5.55. The van der Waals surface area contributed by atoms with Gasteiger partial charge in [0.2, 0.25) is 0 Å². The number of benzene rings is 1. The molecule has 1 aromatic carbocycles. The Morgan fingerprint density at radius 3 is 2.44 bits per heavy atom. The van der Waals surface area contributed by atoms with Crippen molar-refractivity contribution in [3.63, 3.8) is 0 Å². The largest absolute Gasteiger partial charge is 0.384 e. The van der Waals surface area contributed by atoms with E-state index in [1.54, 1.807) is 26.8 Å². The molecule has 6 heteroatoms. The normalized spacial score (nSPS) is 12.5.